The molecule has 0 amide bonds. The third-order valence-electron chi connectivity index (χ3n) is 1.81. The second kappa shape index (κ2) is 5.25. The molecule has 0 atom stereocenters. The number of hydrogen-bond acceptors (Lipinski definition) is 4. The Kier molecular flexibility index (Phi) is 3.99. The van der Waals surface area contributed by atoms with Crippen LogP contribution in [0.15, 0.2) is 31.0 Å². The van der Waals surface area contributed by atoms with Crippen molar-refractivity contribution in [2.24, 2.45) is 0 Å². The van der Waals surface area contributed by atoms with Gasteiger partial charge >= 0.3 is 0 Å². The Morgan fingerprint density at radius 3 is 2.75 bits per heavy atom. The summed E-state index contributed by atoms with van der Waals surface area (Å²) >= 11 is 0. The number of aromatic nitrogens is 4. The molecule has 5 nitrogen and oxygen atoms in total. The van der Waals surface area contributed by atoms with Gasteiger partial charge in [-0.1, -0.05) is 7.43 Å². The fraction of sp³-hybridized carbons (Fsp3) is 0.364. The van der Waals surface area contributed by atoms with E-state index in [1.807, 2.05) is 12.3 Å². The second-order valence-electron chi connectivity index (χ2n) is 3.51. The molecule has 0 fully saturated rings. The van der Waals surface area contributed by atoms with Crippen LogP contribution in [0.3, 0.4) is 0 Å². The van der Waals surface area contributed by atoms with Crippen LogP contribution < -0.4 is 5.32 Å². The number of anilines is 1. The van der Waals surface area contributed by atoms with E-state index in [1.165, 1.54) is 0 Å². The van der Waals surface area contributed by atoms with Crippen LogP contribution in [0, 0.1) is 0 Å². The zero-order valence-electron chi connectivity index (χ0n) is 8.75. The highest BCUT2D eigenvalue weighted by molar-refractivity contribution is 5.36. The van der Waals surface area contributed by atoms with Crippen LogP contribution in [0.4, 0.5) is 5.82 Å². The first kappa shape index (κ1) is 12.2. The number of imidazole rings is 1. The molecule has 0 saturated heterocycles. The van der Waals surface area contributed by atoms with Gasteiger partial charge in [0.15, 0.2) is 0 Å². The second-order valence-corrected chi connectivity index (χ2v) is 3.51. The average Bonchev–Trinajstić information content (AvgIpc) is 2.69. The van der Waals surface area contributed by atoms with Gasteiger partial charge < -0.3 is 5.32 Å². The maximum atomic E-state index is 4.36. The normalized spacial score (nSPS) is 9.94. The van der Waals surface area contributed by atoms with Crippen molar-refractivity contribution in [1.82, 2.24) is 19.5 Å². The maximum Gasteiger partial charge on any atom is 0.236 e. The summed E-state index contributed by atoms with van der Waals surface area (Å²) < 4.78 is 1.77. The van der Waals surface area contributed by atoms with Crippen molar-refractivity contribution >= 4 is 5.82 Å². The quantitative estimate of drug-likeness (QED) is 0.859. The fourth-order valence-corrected chi connectivity index (χ4v) is 1.23. The molecular weight excluding hydrogens is 202 g/mol. The molecule has 0 aliphatic rings. The summed E-state index contributed by atoms with van der Waals surface area (Å²) in [6.45, 7) is 4.14. The lowest BCUT2D eigenvalue weighted by Crippen LogP contribution is -2.12. The summed E-state index contributed by atoms with van der Waals surface area (Å²) in [5.41, 5.74) is 0. The van der Waals surface area contributed by atoms with E-state index in [-0.39, 0.29) is 7.43 Å². The molecule has 2 heterocycles. The van der Waals surface area contributed by atoms with Gasteiger partial charge in [0.1, 0.15) is 12.1 Å². The molecule has 0 aliphatic carbocycles. The number of nitrogens with zero attached hydrogens (tertiary/aromatic N) is 4. The lowest BCUT2D eigenvalue weighted by atomic mass is 10.4. The van der Waals surface area contributed by atoms with E-state index in [2.05, 4.69) is 34.1 Å². The Labute approximate surface area is 95.6 Å². The van der Waals surface area contributed by atoms with Crippen LogP contribution in [0.5, 0.6) is 0 Å². The van der Waals surface area contributed by atoms with Gasteiger partial charge in [-0.25, -0.2) is 9.97 Å². The number of hydrogen-bond donors (Lipinski definition) is 1. The van der Waals surface area contributed by atoms with Crippen molar-refractivity contribution in [2.45, 2.75) is 27.3 Å². The minimum Gasteiger partial charge on any atom is -0.368 e. The van der Waals surface area contributed by atoms with Crippen LogP contribution in [-0.4, -0.2) is 25.6 Å². The smallest absolute Gasteiger partial charge is 0.236 e. The zero-order valence-corrected chi connectivity index (χ0v) is 8.75. The highest BCUT2D eigenvalue weighted by Crippen LogP contribution is 2.06. The van der Waals surface area contributed by atoms with Gasteiger partial charge in [-0.3, -0.25) is 4.57 Å². The lowest BCUT2D eigenvalue weighted by molar-refractivity contribution is 0.869. The van der Waals surface area contributed by atoms with Gasteiger partial charge in [0.2, 0.25) is 5.95 Å². The first-order valence-electron chi connectivity index (χ1n) is 4.83. The third kappa shape index (κ3) is 2.79. The summed E-state index contributed by atoms with van der Waals surface area (Å²) in [5.74, 6) is 1.45. The molecule has 0 spiro atoms. The summed E-state index contributed by atoms with van der Waals surface area (Å²) in [4.78, 5) is 12.5. The summed E-state index contributed by atoms with van der Waals surface area (Å²) in [6.07, 6.45) is 6.92. The molecule has 0 saturated carbocycles. The van der Waals surface area contributed by atoms with Gasteiger partial charge in [-0.15, -0.1) is 0 Å². The van der Waals surface area contributed by atoms with E-state index < -0.39 is 0 Å². The topological polar surface area (TPSA) is 55.6 Å². The van der Waals surface area contributed by atoms with Gasteiger partial charge in [0.25, 0.3) is 0 Å². The van der Waals surface area contributed by atoms with Crippen molar-refractivity contribution in [1.29, 1.82) is 0 Å². The predicted octanol–water partition coefficient (Wildman–Crippen LogP) is 2.12. The molecule has 0 radical (unpaired) electrons. The van der Waals surface area contributed by atoms with Crippen molar-refractivity contribution in [2.75, 3.05) is 5.32 Å². The van der Waals surface area contributed by atoms with Crippen LogP contribution in [0.25, 0.3) is 5.95 Å². The third-order valence-corrected chi connectivity index (χ3v) is 1.81. The zero-order chi connectivity index (χ0) is 10.7. The van der Waals surface area contributed by atoms with Crippen molar-refractivity contribution in [3.63, 3.8) is 0 Å². The van der Waals surface area contributed by atoms with Crippen LogP contribution >= 0.6 is 0 Å². The van der Waals surface area contributed by atoms with Crippen molar-refractivity contribution in [3.05, 3.63) is 31.0 Å². The highest BCUT2D eigenvalue weighted by atomic mass is 15.2. The summed E-state index contributed by atoms with van der Waals surface area (Å²) in [7, 11) is 0. The van der Waals surface area contributed by atoms with Gasteiger partial charge in [0.05, 0.1) is 0 Å². The molecule has 1 N–H and O–H groups in total. The van der Waals surface area contributed by atoms with Crippen LogP contribution in [0.2, 0.25) is 0 Å². The van der Waals surface area contributed by atoms with E-state index in [9.17, 15) is 0 Å². The first-order valence-corrected chi connectivity index (χ1v) is 4.83. The Balaban J connectivity index is 0.00000128. The largest absolute Gasteiger partial charge is 0.368 e. The van der Waals surface area contributed by atoms with Crippen LogP contribution in [-0.2, 0) is 0 Å². The average molecular weight is 219 g/mol. The van der Waals surface area contributed by atoms with E-state index in [0.29, 0.717) is 12.0 Å². The SMILES string of the molecule is C.CC(C)Nc1ccnc(-n2ccnc2)n1. The molecule has 16 heavy (non-hydrogen) atoms. The Bertz CT molecular complexity index is 422. The minimum absolute atomic E-state index is 0. The molecule has 0 aromatic carbocycles. The lowest BCUT2D eigenvalue weighted by Gasteiger charge is -2.09. The summed E-state index contributed by atoms with van der Waals surface area (Å²) in [6, 6.07) is 2.20. The Morgan fingerprint density at radius 1 is 1.31 bits per heavy atom. The Morgan fingerprint density at radius 2 is 2.12 bits per heavy atom. The van der Waals surface area contributed by atoms with Gasteiger partial charge in [-0.2, -0.15) is 4.98 Å². The fourth-order valence-electron chi connectivity index (χ4n) is 1.23. The van der Waals surface area contributed by atoms with E-state index >= 15 is 0 Å². The standard InChI is InChI=1S/C10H13N5.CH4/c1-8(2)13-9-3-4-12-10(14-9)15-6-5-11-7-15;/h3-8H,1-2H3,(H,12,13,14);1H4. The highest BCUT2D eigenvalue weighted by Gasteiger charge is 2.01. The van der Waals surface area contributed by atoms with E-state index in [0.717, 1.165) is 5.82 Å². The number of nitrogens with one attached hydrogen (secondary N) is 1. The molecule has 2 aromatic rings. The van der Waals surface area contributed by atoms with E-state index in [4.69, 9.17) is 0 Å². The van der Waals surface area contributed by atoms with Gasteiger partial charge in [-0.05, 0) is 19.9 Å². The van der Waals surface area contributed by atoms with Gasteiger partial charge in [0, 0.05) is 24.6 Å². The number of rotatable bonds is 3. The van der Waals surface area contributed by atoms with Crippen LogP contribution in [0.1, 0.15) is 21.3 Å². The predicted molar refractivity (Wildman–Crippen MR) is 64.6 cm³/mol. The molecular formula is C11H17N5. The molecule has 2 rings (SSSR count). The monoisotopic (exact) mass is 219 g/mol. The molecule has 2 aromatic heterocycles. The molecule has 86 valence electrons. The van der Waals surface area contributed by atoms with E-state index in [1.54, 1.807) is 23.3 Å². The minimum atomic E-state index is 0. The molecule has 0 aliphatic heterocycles. The molecule has 5 heteroatoms. The van der Waals surface area contributed by atoms with Crippen molar-refractivity contribution < 1.29 is 0 Å². The summed E-state index contributed by atoms with van der Waals surface area (Å²) in [5, 5.41) is 3.22. The Hall–Kier alpha value is -1.91. The molecule has 0 unspecified atom stereocenters. The molecule has 0 bridgehead atoms. The maximum absolute atomic E-state index is 4.36. The van der Waals surface area contributed by atoms with Crippen molar-refractivity contribution in [3.8, 4) is 5.95 Å². The first-order chi connectivity index (χ1) is 7.25.